The molecule has 200 valence electrons. The maximum atomic E-state index is 13.6. The number of rotatable bonds is 7. The third-order valence-corrected chi connectivity index (χ3v) is 8.22. The van der Waals surface area contributed by atoms with Gasteiger partial charge in [0.15, 0.2) is 11.5 Å². The summed E-state index contributed by atoms with van der Waals surface area (Å²) < 4.78 is 11.0. The number of likely N-dealkylation sites (tertiary alicyclic amines) is 1. The molecule has 1 aliphatic carbocycles. The van der Waals surface area contributed by atoms with Gasteiger partial charge in [-0.05, 0) is 49.8 Å². The highest BCUT2D eigenvalue weighted by molar-refractivity contribution is 6.07. The third kappa shape index (κ3) is 5.49. The number of ether oxygens (including phenoxy) is 2. The fourth-order valence-corrected chi connectivity index (χ4v) is 5.73. The highest BCUT2D eigenvalue weighted by Crippen LogP contribution is 2.40. The lowest BCUT2D eigenvalue weighted by atomic mass is 9.73. The van der Waals surface area contributed by atoms with Crippen LogP contribution < -0.4 is 15.2 Å². The number of nitrogens with two attached hydrogens (primary N) is 1. The number of benzene rings is 1. The molecule has 4 atom stereocenters. The summed E-state index contributed by atoms with van der Waals surface area (Å²) in [6.45, 7) is 5.28. The minimum Gasteiger partial charge on any atom is -0.493 e. The molecule has 0 spiro atoms. The molecule has 2 heterocycles. The van der Waals surface area contributed by atoms with E-state index in [1.165, 1.54) is 0 Å². The summed E-state index contributed by atoms with van der Waals surface area (Å²) in [4.78, 5) is 28.3. The van der Waals surface area contributed by atoms with Crippen molar-refractivity contribution in [3.05, 3.63) is 23.8 Å². The summed E-state index contributed by atoms with van der Waals surface area (Å²) >= 11 is 0. The molecule has 2 fully saturated rings. The van der Waals surface area contributed by atoms with Gasteiger partial charge in [-0.2, -0.15) is 5.10 Å². The smallest absolute Gasteiger partial charge is 0.246 e. The zero-order valence-electron chi connectivity index (χ0n) is 21.9. The van der Waals surface area contributed by atoms with Crippen molar-refractivity contribution in [2.75, 3.05) is 27.3 Å². The fourth-order valence-electron chi connectivity index (χ4n) is 5.73. The minimum atomic E-state index is -0.467. The van der Waals surface area contributed by atoms with Crippen LogP contribution in [0.4, 0.5) is 0 Å². The Morgan fingerprint density at radius 3 is 2.33 bits per heavy atom. The highest BCUT2D eigenvalue weighted by atomic mass is 35.5. The van der Waals surface area contributed by atoms with E-state index in [4.69, 9.17) is 20.3 Å². The SMILES string of the molecule is CC[C@H](C)[C@H](N)C(=O)N1CCC(N2N=C(c3ccc(OC)c(OC)c3)[C@H]3CCCC[C@H]3C2=O)CC1.Cl. The number of fused-ring (bicyclic) bond motifs is 1. The van der Waals surface area contributed by atoms with Crippen LogP contribution in [0.15, 0.2) is 23.3 Å². The number of hydrogen-bond donors (Lipinski definition) is 1. The van der Waals surface area contributed by atoms with E-state index in [1.807, 2.05) is 30.0 Å². The molecule has 0 unspecified atom stereocenters. The first kappa shape index (κ1) is 28.3. The Hall–Kier alpha value is -2.32. The lowest BCUT2D eigenvalue weighted by Gasteiger charge is -2.43. The molecule has 3 aliphatic rings. The first-order valence-corrected chi connectivity index (χ1v) is 13.1. The van der Waals surface area contributed by atoms with Crippen molar-refractivity contribution in [2.24, 2.45) is 28.6 Å². The van der Waals surface area contributed by atoms with Gasteiger partial charge in [-0.3, -0.25) is 9.59 Å². The fraction of sp³-hybridized carbons (Fsp3) is 0.667. The number of carbonyl (C=O) groups excluding carboxylic acids is 2. The lowest BCUT2D eigenvalue weighted by Crippen LogP contribution is -2.55. The Balaban J connectivity index is 0.00000361. The van der Waals surface area contributed by atoms with Gasteiger partial charge in [0.05, 0.1) is 32.0 Å². The molecule has 1 aromatic rings. The quantitative estimate of drug-likeness (QED) is 0.589. The zero-order valence-corrected chi connectivity index (χ0v) is 22.8. The number of halogens is 1. The van der Waals surface area contributed by atoms with Crippen molar-refractivity contribution < 1.29 is 19.1 Å². The van der Waals surface area contributed by atoms with Gasteiger partial charge in [0.25, 0.3) is 0 Å². The van der Waals surface area contributed by atoms with E-state index in [-0.39, 0.29) is 48.0 Å². The van der Waals surface area contributed by atoms with Crippen LogP contribution in [-0.4, -0.2) is 66.8 Å². The van der Waals surface area contributed by atoms with Gasteiger partial charge >= 0.3 is 0 Å². The van der Waals surface area contributed by atoms with Crippen LogP contribution in [0.3, 0.4) is 0 Å². The maximum Gasteiger partial charge on any atom is 0.246 e. The van der Waals surface area contributed by atoms with Crippen LogP contribution in [0, 0.1) is 17.8 Å². The molecule has 9 heteroatoms. The Kier molecular flexibility index (Phi) is 9.64. The molecule has 8 nitrogen and oxygen atoms in total. The molecule has 0 radical (unpaired) electrons. The van der Waals surface area contributed by atoms with Crippen molar-refractivity contribution in [3.63, 3.8) is 0 Å². The van der Waals surface area contributed by atoms with Crippen molar-refractivity contribution in [2.45, 2.75) is 70.9 Å². The topological polar surface area (TPSA) is 97.5 Å². The van der Waals surface area contributed by atoms with E-state index >= 15 is 0 Å². The van der Waals surface area contributed by atoms with Crippen LogP contribution >= 0.6 is 12.4 Å². The Morgan fingerprint density at radius 2 is 1.72 bits per heavy atom. The van der Waals surface area contributed by atoms with Gasteiger partial charge < -0.3 is 20.1 Å². The summed E-state index contributed by atoms with van der Waals surface area (Å²) in [5.74, 6) is 1.73. The maximum absolute atomic E-state index is 13.6. The molecule has 1 saturated carbocycles. The second-order valence-electron chi connectivity index (χ2n) is 10.2. The Morgan fingerprint density at radius 1 is 1.08 bits per heavy atom. The number of amides is 2. The van der Waals surface area contributed by atoms with Gasteiger partial charge in [0.2, 0.25) is 11.8 Å². The van der Waals surface area contributed by atoms with Crippen LogP contribution in [-0.2, 0) is 9.59 Å². The van der Waals surface area contributed by atoms with Gasteiger partial charge in [-0.25, -0.2) is 5.01 Å². The lowest BCUT2D eigenvalue weighted by molar-refractivity contribution is -0.143. The van der Waals surface area contributed by atoms with E-state index in [2.05, 4.69) is 6.92 Å². The monoisotopic (exact) mass is 520 g/mol. The average molecular weight is 521 g/mol. The third-order valence-electron chi connectivity index (χ3n) is 8.22. The molecular formula is C27H41ClN4O4. The van der Waals surface area contributed by atoms with Crippen LogP contribution in [0.2, 0.25) is 0 Å². The largest absolute Gasteiger partial charge is 0.493 e. The molecule has 1 aromatic carbocycles. The van der Waals surface area contributed by atoms with E-state index in [1.54, 1.807) is 19.2 Å². The summed E-state index contributed by atoms with van der Waals surface area (Å²) in [5.41, 5.74) is 8.15. The number of nitrogens with zero attached hydrogens (tertiary/aromatic N) is 3. The Bertz CT molecular complexity index is 963. The predicted octanol–water partition coefficient (Wildman–Crippen LogP) is 3.84. The molecule has 0 bridgehead atoms. The molecule has 1 saturated heterocycles. The van der Waals surface area contributed by atoms with Crippen LogP contribution in [0.1, 0.15) is 64.4 Å². The van der Waals surface area contributed by atoms with Crippen molar-refractivity contribution >= 4 is 29.9 Å². The van der Waals surface area contributed by atoms with Crippen molar-refractivity contribution in [1.82, 2.24) is 9.91 Å². The van der Waals surface area contributed by atoms with Gasteiger partial charge in [0.1, 0.15) is 0 Å². The first-order chi connectivity index (χ1) is 16.9. The first-order valence-electron chi connectivity index (χ1n) is 13.1. The second kappa shape index (κ2) is 12.3. The number of hydrogen-bond acceptors (Lipinski definition) is 6. The van der Waals surface area contributed by atoms with Crippen molar-refractivity contribution in [3.8, 4) is 11.5 Å². The van der Waals surface area contributed by atoms with Gasteiger partial charge in [-0.15, -0.1) is 12.4 Å². The molecule has 2 N–H and O–H groups in total. The molecule has 0 aromatic heterocycles. The highest BCUT2D eigenvalue weighted by Gasteiger charge is 2.44. The van der Waals surface area contributed by atoms with Crippen LogP contribution in [0.25, 0.3) is 0 Å². The van der Waals surface area contributed by atoms with Gasteiger partial charge in [-0.1, -0.05) is 33.1 Å². The minimum absolute atomic E-state index is 0. The zero-order chi connectivity index (χ0) is 25.1. The number of hydrazone groups is 1. The summed E-state index contributed by atoms with van der Waals surface area (Å²) in [5, 5.41) is 6.74. The summed E-state index contributed by atoms with van der Waals surface area (Å²) in [7, 11) is 3.26. The van der Waals surface area contributed by atoms with Gasteiger partial charge in [0, 0.05) is 30.5 Å². The summed E-state index contributed by atoms with van der Waals surface area (Å²) in [6, 6.07) is 5.40. The number of methoxy groups -OCH3 is 2. The van der Waals surface area contributed by atoms with Crippen molar-refractivity contribution in [1.29, 1.82) is 0 Å². The predicted molar refractivity (Wildman–Crippen MR) is 143 cm³/mol. The van der Waals surface area contributed by atoms with Crippen LogP contribution in [0.5, 0.6) is 11.5 Å². The molecule has 36 heavy (non-hydrogen) atoms. The number of piperidine rings is 1. The van der Waals surface area contributed by atoms with E-state index in [0.29, 0.717) is 37.4 Å². The van der Waals surface area contributed by atoms with E-state index < -0.39 is 6.04 Å². The molecular weight excluding hydrogens is 480 g/mol. The standard InChI is InChI=1S/C27H40N4O4.ClH/c1-5-17(2)24(28)27(33)30-14-12-19(13-15-30)31-26(32)21-9-7-6-8-20(21)25(29-31)18-10-11-22(34-3)23(16-18)35-4;/h10-11,16-17,19-21,24H,5-9,12-15,28H2,1-4H3;1H/t17-,20-,21+,24-;/m0./s1. The Labute approximate surface area is 221 Å². The molecule has 2 aliphatic heterocycles. The average Bonchev–Trinajstić information content (AvgIpc) is 2.91. The molecule has 4 rings (SSSR count). The molecule has 2 amide bonds. The number of carbonyl (C=O) groups is 2. The normalized spacial score (nSPS) is 24.2. The van der Waals surface area contributed by atoms with E-state index in [0.717, 1.165) is 43.4 Å². The summed E-state index contributed by atoms with van der Waals surface area (Å²) in [6.07, 6.45) is 6.35. The van der Waals surface area contributed by atoms with E-state index in [9.17, 15) is 9.59 Å². The second-order valence-corrected chi connectivity index (χ2v) is 10.2.